The number of anilines is 1. The standard InChI is InChI=1S/C20H19FN2O4/c1-12-16-10-13(21)4-9-17(16)27-19(12)20(25)22-14-5-7-15(8-6-14)26-11-18(24)23(2)3/h4-10H,11H2,1-3H3,(H,22,25). The molecule has 1 N–H and O–H groups in total. The molecule has 0 bridgehead atoms. The third-order valence-corrected chi connectivity index (χ3v) is 4.08. The second-order valence-corrected chi connectivity index (χ2v) is 6.25. The van der Waals surface area contributed by atoms with E-state index in [-0.39, 0.29) is 24.1 Å². The third-order valence-electron chi connectivity index (χ3n) is 4.08. The molecule has 0 spiro atoms. The Morgan fingerprint density at radius 3 is 2.52 bits per heavy atom. The van der Waals surface area contributed by atoms with Gasteiger partial charge in [-0.25, -0.2) is 4.39 Å². The second-order valence-electron chi connectivity index (χ2n) is 6.25. The molecule has 2 amide bonds. The summed E-state index contributed by atoms with van der Waals surface area (Å²) in [6.45, 7) is 1.65. The van der Waals surface area contributed by atoms with Gasteiger partial charge < -0.3 is 19.4 Å². The van der Waals surface area contributed by atoms with E-state index in [9.17, 15) is 14.0 Å². The van der Waals surface area contributed by atoms with Gasteiger partial charge in [0, 0.05) is 30.7 Å². The minimum absolute atomic E-state index is 0.0621. The van der Waals surface area contributed by atoms with Crippen LogP contribution < -0.4 is 10.1 Å². The molecule has 0 radical (unpaired) electrons. The van der Waals surface area contributed by atoms with Gasteiger partial charge in [0.25, 0.3) is 11.8 Å². The molecule has 3 rings (SSSR count). The summed E-state index contributed by atoms with van der Waals surface area (Å²) in [6.07, 6.45) is 0. The van der Waals surface area contributed by atoms with E-state index in [1.165, 1.54) is 23.1 Å². The highest BCUT2D eigenvalue weighted by Gasteiger charge is 2.18. The molecule has 1 heterocycles. The lowest BCUT2D eigenvalue weighted by Crippen LogP contribution is -2.27. The first kappa shape index (κ1) is 18.4. The molecule has 0 saturated heterocycles. The Labute approximate surface area is 155 Å². The van der Waals surface area contributed by atoms with E-state index in [2.05, 4.69) is 5.32 Å². The first-order valence-corrected chi connectivity index (χ1v) is 8.28. The predicted molar refractivity (Wildman–Crippen MR) is 99.5 cm³/mol. The molecule has 0 aliphatic heterocycles. The molecule has 0 saturated carbocycles. The van der Waals surface area contributed by atoms with Crippen LogP contribution >= 0.6 is 0 Å². The number of halogens is 1. The number of carbonyl (C=O) groups excluding carboxylic acids is 2. The van der Waals surface area contributed by atoms with Crippen LogP contribution in [0.3, 0.4) is 0 Å². The summed E-state index contributed by atoms with van der Waals surface area (Å²) in [5.41, 5.74) is 1.56. The van der Waals surface area contributed by atoms with Gasteiger partial charge in [0.1, 0.15) is 17.1 Å². The van der Waals surface area contributed by atoms with Gasteiger partial charge in [0.15, 0.2) is 12.4 Å². The number of furan rings is 1. The zero-order chi connectivity index (χ0) is 19.6. The van der Waals surface area contributed by atoms with E-state index in [0.29, 0.717) is 28.0 Å². The largest absolute Gasteiger partial charge is 0.484 e. The number of rotatable bonds is 5. The summed E-state index contributed by atoms with van der Waals surface area (Å²) < 4.78 is 24.3. The van der Waals surface area contributed by atoms with Gasteiger partial charge in [-0.15, -0.1) is 0 Å². The molecule has 0 fully saturated rings. The monoisotopic (exact) mass is 370 g/mol. The van der Waals surface area contributed by atoms with Gasteiger partial charge in [-0.1, -0.05) is 0 Å². The Morgan fingerprint density at radius 1 is 1.15 bits per heavy atom. The Morgan fingerprint density at radius 2 is 1.85 bits per heavy atom. The number of hydrogen-bond acceptors (Lipinski definition) is 4. The predicted octanol–water partition coefficient (Wildman–Crippen LogP) is 3.60. The lowest BCUT2D eigenvalue weighted by Gasteiger charge is -2.11. The number of nitrogens with zero attached hydrogens (tertiary/aromatic N) is 1. The van der Waals surface area contributed by atoms with Crippen molar-refractivity contribution in [1.29, 1.82) is 0 Å². The van der Waals surface area contributed by atoms with Gasteiger partial charge in [0.05, 0.1) is 0 Å². The fourth-order valence-electron chi connectivity index (χ4n) is 2.51. The van der Waals surface area contributed by atoms with E-state index in [1.807, 2.05) is 0 Å². The molecule has 0 atom stereocenters. The average Bonchev–Trinajstić information content (AvgIpc) is 2.97. The minimum Gasteiger partial charge on any atom is -0.484 e. The number of ether oxygens (including phenoxy) is 1. The molecule has 1 aromatic heterocycles. The first-order chi connectivity index (χ1) is 12.8. The van der Waals surface area contributed by atoms with Gasteiger partial charge >= 0.3 is 0 Å². The third kappa shape index (κ3) is 4.08. The van der Waals surface area contributed by atoms with E-state index >= 15 is 0 Å². The van der Waals surface area contributed by atoms with Crippen LogP contribution in [0.15, 0.2) is 46.9 Å². The Kier molecular flexibility index (Phi) is 5.12. The second kappa shape index (κ2) is 7.49. The SMILES string of the molecule is Cc1c(C(=O)Nc2ccc(OCC(=O)N(C)C)cc2)oc2ccc(F)cc12. The van der Waals surface area contributed by atoms with Crippen molar-refractivity contribution in [3.63, 3.8) is 0 Å². The normalized spacial score (nSPS) is 10.7. The molecular formula is C20H19FN2O4. The number of carbonyl (C=O) groups is 2. The maximum Gasteiger partial charge on any atom is 0.291 e. The summed E-state index contributed by atoms with van der Waals surface area (Å²) in [5.74, 6) is -0.322. The van der Waals surface area contributed by atoms with E-state index < -0.39 is 5.91 Å². The van der Waals surface area contributed by atoms with Crippen LogP contribution in [-0.4, -0.2) is 37.4 Å². The minimum atomic E-state index is -0.430. The number of hydrogen-bond donors (Lipinski definition) is 1. The van der Waals surface area contributed by atoms with Crippen LogP contribution in [0, 0.1) is 12.7 Å². The van der Waals surface area contributed by atoms with Crippen LogP contribution in [0.25, 0.3) is 11.0 Å². The molecular weight excluding hydrogens is 351 g/mol. The highest BCUT2D eigenvalue weighted by atomic mass is 19.1. The van der Waals surface area contributed by atoms with Crippen molar-refractivity contribution in [3.05, 3.63) is 59.6 Å². The Hall–Kier alpha value is -3.35. The van der Waals surface area contributed by atoms with Crippen molar-refractivity contribution >= 4 is 28.5 Å². The van der Waals surface area contributed by atoms with Crippen LogP contribution in [-0.2, 0) is 4.79 Å². The summed E-state index contributed by atoms with van der Waals surface area (Å²) in [4.78, 5) is 25.4. The van der Waals surface area contributed by atoms with Crippen molar-refractivity contribution in [2.24, 2.45) is 0 Å². The van der Waals surface area contributed by atoms with Crippen molar-refractivity contribution in [1.82, 2.24) is 4.90 Å². The number of benzene rings is 2. The number of aryl methyl sites for hydroxylation is 1. The average molecular weight is 370 g/mol. The maximum absolute atomic E-state index is 13.4. The quantitative estimate of drug-likeness (QED) is 0.745. The van der Waals surface area contributed by atoms with Crippen LogP contribution in [0.2, 0.25) is 0 Å². The molecule has 0 aliphatic carbocycles. The number of nitrogens with one attached hydrogen (secondary N) is 1. The fourth-order valence-corrected chi connectivity index (χ4v) is 2.51. The lowest BCUT2D eigenvalue weighted by atomic mass is 10.1. The van der Waals surface area contributed by atoms with Gasteiger partial charge in [-0.3, -0.25) is 9.59 Å². The van der Waals surface area contributed by atoms with E-state index in [1.54, 1.807) is 45.3 Å². The molecule has 7 heteroatoms. The maximum atomic E-state index is 13.4. The van der Waals surface area contributed by atoms with Crippen LogP contribution in [0.5, 0.6) is 5.75 Å². The molecule has 6 nitrogen and oxygen atoms in total. The summed E-state index contributed by atoms with van der Waals surface area (Å²) in [5, 5.41) is 3.29. The Bertz CT molecular complexity index is 993. The molecule has 0 unspecified atom stereocenters. The molecule has 27 heavy (non-hydrogen) atoms. The lowest BCUT2D eigenvalue weighted by molar-refractivity contribution is -0.130. The number of amides is 2. The summed E-state index contributed by atoms with van der Waals surface area (Å²) in [7, 11) is 3.30. The molecule has 0 aliphatic rings. The van der Waals surface area contributed by atoms with Crippen molar-refractivity contribution in [2.75, 3.05) is 26.0 Å². The fraction of sp³-hybridized carbons (Fsp3) is 0.200. The topological polar surface area (TPSA) is 71.8 Å². The number of fused-ring (bicyclic) bond motifs is 1. The highest BCUT2D eigenvalue weighted by molar-refractivity contribution is 6.06. The summed E-state index contributed by atoms with van der Waals surface area (Å²) >= 11 is 0. The van der Waals surface area contributed by atoms with Gasteiger partial charge in [-0.2, -0.15) is 0 Å². The molecule has 3 aromatic rings. The zero-order valence-corrected chi connectivity index (χ0v) is 15.2. The smallest absolute Gasteiger partial charge is 0.291 e. The zero-order valence-electron chi connectivity index (χ0n) is 15.2. The van der Waals surface area contributed by atoms with Crippen molar-refractivity contribution in [3.8, 4) is 5.75 Å². The molecule has 2 aromatic carbocycles. The highest BCUT2D eigenvalue weighted by Crippen LogP contribution is 2.27. The first-order valence-electron chi connectivity index (χ1n) is 8.28. The van der Waals surface area contributed by atoms with Crippen molar-refractivity contribution in [2.45, 2.75) is 6.92 Å². The van der Waals surface area contributed by atoms with E-state index in [0.717, 1.165) is 0 Å². The molecule has 140 valence electrons. The Balaban J connectivity index is 1.69. The van der Waals surface area contributed by atoms with E-state index in [4.69, 9.17) is 9.15 Å². The number of likely N-dealkylation sites (N-methyl/N-ethyl adjacent to an activating group) is 1. The van der Waals surface area contributed by atoms with Crippen molar-refractivity contribution < 1.29 is 23.1 Å². The van der Waals surface area contributed by atoms with Crippen LogP contribution in [0.1, 0.15) is 16.1 Å². The van der Waals surface area contributed by atoms with Gasteiger partial charge in [0.2, 0.25) is 0 Å². The van der Waals surface area contributed by atoms with Gasteiger partial charge in [-0.05, 0) is 49.4 Å². The van der Waals surface area contributed by atoms with Crippen LogP contribution in [0.4, 0.5) is 10.1 Å². The summed E-state index contributed by atoms with van der Waals surface area (Å²) in [6, 6.07) is 10.7.